The number of ether oxygens (including phenoxy) is 1. The quantitative estimate of drug-likeness (QED) is 0.605. The Balaban J connectivity index is 1.56. The first-order chi connectivity index (χ1) is 15.8. The van der Waals surface area contributed by atoms with Crippen molar-refractivity contribution in [3.63, 3.8) is 0 Å². The summed E-state index contributed by atoms with van der Waals surface area (Å²) in [6, 6.07) is 4.81. The number of benzene rings is 1. The van der Waals surface area contributed by atoms with E-state index >= 15 is 4.39 Å². The number of imidazole rings is 1. The second kappa shape index (κ2) is 8.07. The van der Waals surface area contributed by atoms with Crippen molar-refractivity contribution in [3.8, 4) is 11.4 Å². The molecule has 1 saturated heterocycles. The number of aromatic nitrogens is 3. The summed E-state index contributed by atoms with van der Waals surface area (Å²) in [6.45, 7) is 4.28. The number of hydrogen-bond acceptors (Lipinski definition) is 6. The van der Waals surface area contributed by atoms with Gasteiger partial charge in [-0.1, -0.05) is 11.6 Å². The molecule has 1 aromatic carbocycles. The van der Waals surface area contributed by atoms with Crippen molar-refractivity contribution in [3.05, 3.63) is 47.0 Å². The number of aromatic amines is 1. The number of amides is 1. The van der Waals surface area contributed by atoms with Crippen molar-refractivity contribution < 1.29 is 13.9 Å². The molecule has 1 amide bonds. The Hall–Kier alpha value is -3.04. The number of halogens is 2. The normalized spacial score (nSPS) is 26.0. The van der Waals surface area contributed by atoms with E-state index < -0.39 is 11.4 Å². The van der Waals surface area contributed by atoms with Gasteiger partial charge in [-0.3, -0.25) is 14.7 Å². The number of carbonyl (C=O) groups is 1. The van der Waals surface area contributed by atoms with E-state index in [1.807, 2.05) is 13.0 Å². The smallest absolute Gasteiger partial charge is 0.232 e. The highest BCUT2D eigenvalue weighted by Gasteiger charge is 2.42. The third-order valence-corrected chi connectivity index (χ3v) is 6.76. The molecule has 3 atom stereocenters. The average Bonchev–Trinajstić information content (AvgIpc) is 3.23. The molecule has 0 unspecified atom stereocenters. The van der Waals surface area contributed by atoms with Crippen LogP contribution in [0.5, 0.6) is 0 Å². The number of nitrogens with zero attached hydrogens (tertiary/aromatic N) is 4. The second-order valence-electron chi connectivity index (χ2n) is 8.81. The minimum absolute atomic E-state index is 0.0215. The van der Waals surface area contributed by atoms with E-state index in [4.69, 9.17) is 22.1 Å². The Bertz CT molecular complexity index is 1260. The van der Waals surface area contributed by atoms with Crippen LogP contribution in [0.15, 0.2) is 35.6 Å². The zero-order chi connectivity index (χ0) is 23.3. The lowest BCUT2D eigenvalue weighted by Crippen LogP contribution is -2.56. The first-order valence-corrected chi connectivity index (χ1v) is 11.2. The van der Waals surface area contributed by atoms with Crippen LogP contribution in [0, 0.1) is 5.82 Å². The summed E-state index contributed by atoms with van der Waals surface area (Å²) < 4.78 is 20.7. The number of fused-ring (bicyclic) bond motifs is 1. The van der Waals surface area contributed by atoms with E-state index in [1.165, 1.54) is 6.07 Å². The minimum Gasteiger partial charge on any atom is -0.378 e. The standard InChI is InChI=1S/C23H24ClFN6O2/c1-12-8-14(5-7-33-12)31-17(32)10-23(2,30-22(31)26)15-9-16(25)19-20(18(15)24)29-21(28-19)13-4-3-6-27-11-13/h3-4,6,9,11-12,14H,5,7-8,10H2,1-2H3,(H2,26,30)(H,28,29)/t12-,14-,23+/m1/s1. The number of aliphatic imine (C=N–C) groups is 1. The summed E-state index contributed by atoms with van der Waals surface area (Å²) in [6.07, 6.45) is 4.71. The Labute approximate surface area is 195 Å². The van der Waals surface area contributed by atoms with Gasteiger partial charge in [-0.05, 0) is 44.9 Å². The Morgan fingerprint density at radius 2 is 2.24 bits per heavy atom. The molecule has 10 heteroatoms. The molecule has 3 aromatic rings. The highest BCUT2D eigenvalue weighted by atomic mass is 35.5. The third kappa shape index (κ3) is 3.75. The summed E-state index contributed by atoms with van der Waals surface area (Å²) in [5.41, 5.74) is 6.72. The molecule has 1 fully saturated rings. The molecule has 0 spiro atoms. The largest absolute Gasteiger partial charge is 0.378 e. The van der Waals surface area contributed by atoms with Gasteiger partial charge in [0.15, 0.2) is 11.8 Å². The van der Waals surface area contributed by atoms with Crippen LogP contribution < -0.4 is 5.73 Å². The molecule has 2 aromatic heterocycles. The topological polar surface area (TPSA) is 109 Å². The zero-order valence-electron chi connectivity index (χ0n) is 18.3. The van der Waals surface area contributed by atoms with Gasteiger partial charge >= 0.3 is 0 Å². The summed E-state index contributed by atoms with van der Waals surface area (Å²) >= 11 is 6.73. The fourth-order valence-electron chi connectivity index (χ4n) is 4.74. The molecule has 0 bridgehead atoms. The first kappa shape index (κ1) is 21.8. The first-order valence-electron chi connectivity index (χ1n) is 10.8. The molecular formula is C23H24ClFN6O2. The summed E-state index contributed by atoms with van der Waals surface area (Å²) in [5.74, 6) is -0.158. The number of guanidine groups is 1. The van der Waals surface area contributed by atoms with Gasteiger partial charge in [0.2, 0.25) is 5.91 Å². The lowest BCUT2D eigenvalue weighted by atomic mass is 9.86. The molecule has 172 valence electrons. The third-order valence-electron chi connectivity index (χ3n) is 6.37. The second-order valence-corrected chi connectivity index (χ2v) is 9.19. The van der Waals surface area contributed by atoms with Gasteiger partial charge in [-0.2, -0.15) is 0 Å². The van der Waals surface area contributed by atoms with Gasteiger partial charge < -0.3 is 15.5 Å². The summed E-state index contributed by atoms with van der Waals surface area (Å²) in [4.78, 5) is 30.9. The molecule has 0 saturated carbocycles. The maximum absolute atomic E-state index is 15.1. The Kier molecular flexibility index (Phi) is 5.33. The van der Waals surface area contributed by atoms with E-state index in [2.05, 4.69) is 19.9 Å². The van der Waals surface area contributed by atoms with Crippen LogP contribution in [0.4, 0.5) is 4.39 Å². The number of rotatable bonds is 3. The molecule has 5 rings (SSSR count). The van der Waals surface area contributed by atoms with Gasteiger partial charge in [-0.15, -0.1) is 0 Å². The maximum atomic E-state index is 15.1. The number of nitrogens with one attached hydrogen (secondary N) is 1. The predicted octanol–water partition coefficient (Wildman–Crippen LogP) is 3.75. The molecule has 4 heterocycles. The fraction of sp³-hybridized carbons (Fsp3) is 0.391. The molecule has 3 N–H and O–H groups in total. The van der Waals surface area contributed by atoms with Crippen LogP contribution in [0.25, 0.3) is 22.4 Å². The number of carbonyl (C=O) groups excluding carboxylic acids is 1. The van der Waals surface area contributed by atoms with Gasteiger partial charge in [0.1, 0.15) is 11.3 Å². The molecule has 33 heavy (non-hydrogen) atoms. The predicted molar refractivity (Wildman–Crippen MR) is 123 cm³/mol. The van der Waals surface area contributed by atoms with E-state index in [9.17, 15) is 4.79 Å². The molecule has 0 aliphatic carbocycles. The van der Waals surface area contributed by atoms with Crippen LogP contribution in [-0.4, -0.2) is 50.5 Å². The van der Waals surface area contributed by atoms with Crippen molar-refractivity contribution in [2.45, 2.75) is 50.8 Å². The molecular weight excluding hydrogens is 447 g/mol. The average molecular weight is 471 g/mol. The summed E-state index contributed by atoms with van der Waals surface area (Å²) in [5, 5.41) is 0.258. The highest BCUT2D eigenvalue weighted by Crippen LogP contribution is 2.42. The monoisotopic (exact) mass is 470 g/mol. The van der Waals surface area contributed by atoms with Crippen molar-refractivity contribution >= 4 is 34.5 Å². The van der Waals surface area contributed by atoms with Crippen molar-refractivity contribution in [1.29, 1.82) is 0 Å². The molecule has 2 aliphatic heterocycles. The lowest BCUT2D eigenvalue weighted by Gasteiger charge is -2.41. The van der Waals surface area contributed by atoms with E-state index in [1.54, 1.807) is 30.3 Å². The van der Waals surface area contributed by atoms with Gasteiger partial charge in [-0.25, -0.2) is 14.4 Å². The summed E-state index contributed by atoms with van der Waals surface area (Å²) in [7, 11) is 0. The van der Waals surface area contributed by atoms with E-state index in [0.717, 1.165) is 0 Å². The van der Waals surface area contributed by atoms with Crippen molar-refractivity contribution in [2.24, 2.45) is 10.7 Å². The number of H-pyrrole nitrogens is 1. The molecule has 2 aliphatic rings. The highest BCUT2D eigenvalue weighted by molar-refractivity contribution is 6.36. The Morgan fingerprint density at radius 3 is 2.94 bits per heavy atom. The van der Waals surface area contributed by atoms with Crippen LogP contribution in [-0.2, 0) is 15.1 Å². The van der Waals surface area contributed by atoms with Gasteiger partial charge in [0, 0.05) is 36.2 Å². The maximum Gasteiger partial charge on any atom is 0.232 e. The van der Waals surface area contributed by atoms with Crippen molar-refractivity contribution in [2.75, 3.05) is 6.61 Å². The lowest BCUT2D eigenvalue weighted by molar-refractivity contribution is -0.133. The zero-order valence-corrected chi connectivity index (χ0v) is 19.1. The molecule has 0 radical (unpaired) electrons. The minimum atomic E-state index is -1.11. The van der Waals surface area contributed by atoms with Crippen molar-refractivity contribution in [1.82, 2.24) is 19.9 Å². The van der Waals surface area contributed by atoms with Gasteiger partial charge in [0.25, 0.3) is 0 Å². The Morgan fingerprint density at radius 1 is 1.42 bits per heavy atom. The van der Waals surface area contributed by atoms with Crippen LogP contribution in [0.3, 0.4) is 0 Å². The number of nitrogens with two attached hydrogens (primary N) is 1. The van der Waals surface area contributed by atoms with E-state index in [0.29, 0.717) is 41.9 Å². The van der Waals surface area contributed by atoms with E-state index in [-0.39, 0.29) is 41.0 Å². The number of pyridine rings is 1. The van der Waals surface area contributed by atoms with Crippen LogP contribution in [0.1, 0.15) is 38.7 Å². The van der Waals surface area contributed by atoms with Crippen LogP contribution >= 0.6 is 11.6 Å². The number of hydrogen-bond donors (Lipinski definition) is 2. The SMILES string of the molecule is C[C@@H]1C[C@H](N2C(=O)C[C@@](C)(c3cc(F)c4nc(-c5cccnc5)[nH]c4c3Cl)N=C2N)CCO1. The molecule has 8 nitrogen and oxygen atoms in total. The van der Waals surface area contributed by atoms with Crippen LogP contribution in [0.2, 0.25) is 5.02 Å². The fourth-order valence-corrected chi connectivity index (χ4v) is 5.13. The van der Waals surface area contributed by atoms with Gasteiger partial charge in [0.05, 0.1) is 28.6 Å².